The van der Waals surface area contributed by atoms with Gasteiger partial charge in [-0.05, 0) is 43.9 Å². The highest BCUT2D eigenvalue weighted by Crippen LogP contribution is 2.29. The fourth-order valence-corrected chi connectivity index (χ4v) is 2.57. The van der Waals surface area contributed by atoms with Gasteiger partial charge in [0.15, 0.2) is 0 Å². The Hall–Kier alpha value is -2.11. The molecule has 0 spiro atoms. The number of likely N-dealkylation sites (tertiary alicyclic amines) is 1. The molecule has 21 heavy (non-hydrogen) atoms. The van der Waals surface area contributed by atoms with Crippen LogP contribution >= 0.6 is 0 Å². The molecule has 5 nitrogen and oxygen atoms in total. The van der Waals surface area contributed by atoms with Crippen LogP contribution < -0.4 is 5.32 Å². The van der Waals surface area contributed by atoms with Gasteiger partial charge in [0.25, 0.3) is 0 Å². The average molecular weight is 294 g/mol. The molecule has 1 fully saturated rings. The van der Waals surface area contributed by atoms with Crippen molar-refractivity contribution in [2.24, 2.45) is 0 Å². The largest absolute Gasteiger partial charge is 0.480 e. The summed E-state index contributed by atoms with van der Waals surface area (Å²) in [5.74, 6) is -1.27. The highest BCUT2D eigenvalue weighted by atomic mass is 19.1. The maximum atomic E-state index is 12.8. The number of hydrogen-bond donors (Lipinski definition) is 2. The highest BCUT2D eigenvalue weighted by Gasteiger charge is 2.45. The second-order valence-electron chi connectivity index (χ2n) is 5.44. The zero-order valence-electron chi connectivity index (χ0n) is 11.9. The molecule has 1 aliphatic rings. The molecular weight excluding hydrogens is 275 g/mol. The number of nitrogens with zero attached hydrogens (tertiary/aromatic N) is 1. The molecule has 0 aromatic heterocycles. The number of amides is 2. The van der Waals surface area contributed by atoms with Crippen LogP contribution in [0.25, 0.3) is 0 Å². The van der Waals surface area contributed by atoms with Gasteiger partial charge < -0.3 is 15.3 Å². The van der Waals surface area contributed by atoms with E-state index in [9.17, 15) is 19.1 Å². The molecular formula is C15H19FN2O3. The van der Waals surface area contributed by atoms with Gasteiger partial charge in [0.1, 0.15) is 11.4 Å². The van der Waals surface area contributed by atoms with E-state index in [2.05, 4.69) is 5.32 Å². The van der Waals surface area contributed by atoms with Crippen molar-refractivity contribution in [3.63, 3.8) is 0 Å². The molecule has 0 bridgehead atoms. The normalized spacial score (nSPS) is 21.3. The van der Waals surface area contributed by atoms with Crippen LogP contribution in [-0.2, 0) is 11.2 Å². The summed E-state index contributed by atoms with van der Waals surface area (Å²) >= 11 is 0. The van der Waals surface area contributed by atoms with Crippen molar-refractivity contribution in [3.05, 3.63) is 35.6 Å². The molecule has 2 N–H and O–H groups in total. The second-order valence-corrected chi connectivity index (χ2v) is 5.44. The Morgan fingerprint density at radius 1 is 1.38 bits per heavy atom. The van der Waals surface area contributed by atoms with E-state index in [4.69, 9.17) is 0 Å². The number of rotatable bonds is 4. The third-order valence-corrected chi connectivity index (χ3v) is 3.95. The lowest BCUT2D eigenvalue weighted by molar-refractivity contribution is -0.147. The number of halogens is 1. The molecule has 2 rings (SSSR count). The molecule has 1 aliphatic heterocycles. The molecule has 1 aromatic carbocycles. The van der Waals surface area contributed by atoms with Crippen molar-refractivity contribution in [2.75, 3.05) is 13.1 Å². The van der Waals surface area contributed by atoms with E-state index in [1.807, 2.05) is 0 Å². The Balaban J connectivity index is 1.87. The van der Waals surface area contributed by atoms with Gasteiger partial charge in [0.05, 0.1) is 0 Å². The number of hydrogen-bond acceptors (Lipinski definition) is 2. The van der Waals surface area contributed by atoms with Gasteiger partial charge in [0.2, 0.25) is 0 Å². The van der Waals surface area contributed by atoms with Crippen LogP contribution in [0.5, 0.6) is 0 Å². The average Bonchev–Trinajstić information content (AvgIpc) is 2.84. The zero-order valence-corrected chi connectivity index (χ0v) is 11.9. The molecule has 1 aromatic rings. The Labute approximate surface area is 122 Å². The van der Waals surface area contributed by atoms with Gasteiger partial charge in [-0.15, -0.1) is 0 Å². The minimum Gasteiger partial charge on any atom is -0.480 e. The molecule has 0 aliphatic carbocycles. The van der Waals surface area contributed by atoms with Gasteiger partial charge in [-0.1, -0.05) is 12.1 Å². The SMILES string of the molecule is CC1(C(=O)O)CCCN1C(=O)NCCc1ccc(F)cc1. The number of benzene rings is 1. The Bertz CT molecular complexity index is 532. The van der Waals surface area contributed by atoms with Crippen LogP contribution in [0.4, 0.5) is 9.18 Å². The summed E-state index contributed by atoms with van der Waals surface area (Å²) in [5, 5.41) is 12.0. The number of nitrogens with one attached hydrogen (secondary N) is 1. The minimum atomic E-state index is -1.13. The number of carboxylic acid groups (broad SMARTS) is 1. The van der Waals surface area contributed by atoms with E-state index in [1.165, 1.54) is 17.0 Å². The van der Waals surface area contributed by atoms with Crippen LogP contribution in [0.3, 0.4) is 0 Å². The van der Waals surface area contributed by atoms with Gasteiger partial charge in [-0.2, -0.15) is 0 Å². The number of carboxylic acids is 1. The van der Waals surface area contributed by atoms with Crippen LogP contribution in [0.1, 0.15) is 25.3 Å². The monoisotopic (exact) mass is 294 g/mol. The number of aliphatic carboxylic acids is 1. The summed E-state index contributed by atoms with van der Waals surface area (Å²) in [4.78, 5) is 24.8. The van der Waals surface area contributed by atoms with E-state index in [1.54, 1.807) is 19.1 Å². The van der Waals surface area contributed by atoms with E-state index in [0.717, 1.165) is 5.56 Å². The molecule has 114 valence electrons. The Morgan fingerprint density at radius 2 is 2.05 bits per heavy atom. The van der Waals surface area contributed by atoms with Crippen LogP contribution in [0.2, 0.25) is 0 Å². The minimum absolute atomic E-state index is 0.294. The Morgan fingerprint density at radius 3 is 2.67 bits per heavy atom. The van der Waals surface area contributed by atoms with Gasteiger partial charge in [-0.25, -0.2) is 14.0 Å². The molecule has 1 unspecified atom stereocenters. The standard InChI is InChI=1S/C15H19FN2O3/c1-15(13(19)20)8-2-10-18(15)14(21)17-9-7-11-3-5-12(16)6-4-11/h3-6H,2,7-10H2,1H3,(H,17,21)(H,19,20). The first-order valence-electron chi connectivity index (χ1n) is 6.97. The van der Waals surface area contributed by atoms with Crippen molar-refractivity contribution in [2.45, 2.75) is 31.7 Å². The molecule has 2 amide bonds. The van der Waals surface area contributed by atoms with Crippen LogP contribution in [0.15, 0.2) is 24.3 Å². The molecule has 6 heteroatoms. The quantitative estimate of drug-likeness (QED) is 0.892. The molecule has 0 saturated carbocycles. The predicted octanol–water partition coefficient (Wildman–Crippen LogP) is 2.02. The summed E-state index contributed by atoms with van der Waals surface area (Å²) in [6.45, 7) is 2.41. The maximum Gasteiger partial charge on any atom is 0.329 e. The summed E-state index contributed by atoms with van der Waals surface area (Å²) in [6, 6.07) is 5.72. The lowest BCUT2D eigenvalue weighted by Gasteiger charge is -2.31. The molecule has 1 saturated heterocycles. The first kappa shape index (κ1) is 15.3. The Kier molecular flexibility index (Phi) is 4.45. The summed E-state index contributed by atoms with van der Waals surface area (Å²) in [5.41, 5.74) is -0.209. The van der Waals surface area contributed by atoms with E-state index in [0.29, 0.717) is 32.4 Å². The predicted molar refractivity (Wildman–Crippen MR) is 75.5 cm³/mol. The number of carbonyl (C=O) groups excluding carboxylic acids is 1. The van der Waals surface area contributed by atoms with Crippen molar-refractivity contribution >= 4 is 12.0 Å². The van der Waals surface area contributed by atoms with E-state index in [-0.39, 0.29) is 11.8 Å². The fourth-order valence-electron chi connectivity index (χ4n) is 2.57. The number of urea groups is 1. The topological polar surface area (TPSA) is 69.6 Å². The van der Waals surface area contributed by atoms with Crippen molar-refractivity contribution in [1.29, 1.82) is 0 Å². The van der Waals surface area contributed by atoms with Crippen LogP contribution in [-0.4, -0.2) is 40.6 Å². The lowest BCUT2D eigenvalue weighted by atomic mass is 10.00. The first-order valence-corrected chi connectivity index (χ1v) is 6.97. The smallest absolute Gasteiger partial charge is 0.329 e. The van der Waals surface area contributed by atoms with Gasteiger partial charge in [0, 0.05) is 13.1 Å². The maximum absolute atomic E-state index is 12.8. The zero-order chi connectivity index (χ0) is 15.5. The third kappa shape index (κ3) is 3.32. The molecule has 0 radical (unpaired) electrons. The summed E-state index contributed by atoms with van der Waals surface area (Å²) in [6.07, 6.45) is 1.73. The van der Waals surface area contributed by atoms with Gasteiger partial charge >= 0.3 is 12.0 Å². The second kappa shape index (κ2) is 6.11. The van der Waals surface area contributed by atoms with Crippen molar-refractivity contribution in [1.82, 2.24) is 10.2 Å². The van der Waals surface area contributed by atoms with Crippen LogP contribution in [0, 0.1) is 5.82 Å². The summed E-state index contributed by atoms with van der Waals surface area (Å²) < 4.78 is 12.8. The first-order chi connectivity index (χ1) is 9.93. The van der Waals surface area contributed by atoms with Gasteiger partial charge in [-0.3, -0.25) is 0 Å². The highest BCUT2D eigenvalue weighted by molar-refractivity contribution is 5.86. The number of carbonyl (C=O) groups is 2. The summed E-state index contributed by atoms with van der Waals surface area (Å²) in [7, 11) is 0. The third-order valence-electron chi connectivity index (χ3n) is 3.95. The van der Waals surface area contributed by atoms with E-state index < -0.39 is 11.5 Å². The fraction of sp³-hybridized carbons (Fsp3) is 0.467. The lowest BCUT2D eigenvalue weighted by Crippen LogP contribution is -2.54. The molecule has 1 heterocycles. The van der Waals surface area contributed by atoms with E-state index >= 15 is 0 Å². The van der Waals surface area contributed by atoms with Crippen molar-refractivity contribution in [3.8, 4) is 0 Å². The molecule has 1 atom stereocenters. The van der Waals surface area contributed by atoms with Crippen molar-refractivity contribution < 1.29 is 19.1 Å².